The number of carbonyl (C=O) groups excluding carboxylic acids is 1. The van der Waals surface area contributed by atoms with Crippen LogP contribution in [0.1, 0.15) is 22.8 Å². The van der Waals surface area contributed by atoms with Crippen molar-refractivity contribution in [1.82, 2.24) is 14.8 Å². The predicted molar refractivity (Wildman–Crippen MR) is 157 cm³/mol. The van der Waals surface area contributed by atoms with E-state index < -0.39 is 10.0 Å². The van der Waals surface area contributed by atoms with Gasteiger partial charge in [-0.05, 0) is 59.8 Å². The molecule has 0 bridgehead atoms. The molecule has 1 saturated heterocycles. The number of allylic oxidation sites excluding steroid dienone is 3. The first-order chi connectivity index (χ1) is 18.2. The Morgan fingerprint density at radius 3 is 2.45 bits per heavy atom. The fourth-order valence-electron chi connectivity index (χ4n) is 4.40. The van der Waals surface area contributed by atoms with E-state index in [9.17, 15) is 13.2 Å². The standard InChI is InChI=1S/C29H31BrN4O3S/c1-4-23(9-8-22(3)30)20-33-16-18-34(19-17-33)29(35)25-11-13-26(14-12-25)32-38(36,37)28-21(2)7-10-24-6-5-15-31-27(24)28/h4-15,32H,1,16-20H2,2-3H3/b22-8+,23-9+. The Hall–Kier alpha value is -3.27. The van der Waals surface area contributed by atoms with Crippen LogP contribution in [0.25, 0.3) is 10.9 Å². The van der Waals surface area contributed by atoms with E-state index in [2.05, 4.69) is 37.1 Å². The molecule has 4 rings (SSSR count). The number of piperazine rings is 1. The molecule has 1 amide bonds. The monoisotopic (exact) mass is 594 g/mol. The van der Waals surface area contributed by atoms with Crippen LogP contribution in [0.2, 0.25) is 0 Å². The maximum absolute atomic E-state index is 13.3. The van der Waals surface area contributed by atoms with Gasteiger partial charge in [0.25, 0.3) is 15.9 Å². The Kier molecular flexibility index (Phi) is 8.81. The molecule has 1 aliphatic heterocycles. The molecule has 0 spiro atoms. The van der Waals surface area contributed by atoms with E-state index in [4.69, 9.17) is 0 Å². The van der Waals surface area contributed by atoms with E-state index in [0.717, 1.165) is 35.1 Å². The molecular formula is C29H31BrN4O3S. The molecule has 2 aromatic carbocycles. The Labute approximate surface area is 232 Å². The number of fused-ring (bicyclic) bond motifs is 1. The second kappa shape index (κ2) is 12.1. The zero-order chi connectivity index (χ0) is 27.3. The number of aryl methyl sites for hydroxylation is 1. The smallest absolute Gasteiger partial charge is 0.264 e. The second-order valence-corrected chi connectivity index (χ2v) is 12.1. The number of sulfonamides is 1. The van der Waals surface area contributed by atoms with Crippen molar-refractivity contribution in [3.63, 3.8) is 0 Å². The maximum Gasteiger partial charge on any atom is 0.264 e. The van der Waals surface area contributed by atoms with Gasteiger partial charge in [0, 0.05) is 55.6 Å². The molecule has 1 aliphatic rings. The minimum absolute atomic E-state index is 0.0644. The minimum atomic E-state index is -3.88. The molecule has 1 fully saturated rings. The molecule has 38 heavy (non-hydrogen) atoms. The number of anilines is 1. The SMILES string of the molecule is C=C/C(=C\C=C(/C)Br)CN1CCN(C(=O)c2ccc(NS(=O)(=O)c3c(C)ccc4cccnc34)cc2)CC1. The van der Waals surface area contributed by atoms with E-state index in [1.54, 1.807) is 49.5 Å². The van der Waals surface area contributed by atoms with Crippen molar-refractivity contribution in [3.8, 4) is 0 Å². The molecule has 3 aromatic rings. The van der Waals surface area contributed by atoms with Crippen LogP contribution in [0.3, 0.4) is 0 Å². The molecule has 0 radical (unpaired) electrons. The third-order valence-electron chi connectivity index (χ3n) is 6.43. The Bertz CT molecular complexity index is 1500. The van der Waals surface area contributed by atoms with Crippen molar-refractivity contribution in [1.29, 1.82) is 0 Å². The lowest BCUT2D eigenvalue weighted by atomic mass is 10.1. The summed E-state index contributed by atoms with van der Waals surface area (Å²) in [6, 6.07) is 13.8. The molecule has 9 heteroatoms. The van der Waals surface area contributed by atoms with Gasteiger partial charge < -0.3 is 4.90 Å². The summed E-state index contributed by atoms with van der Waals surface area (Å²) in [6.45, 7) is 11.2. The van der Waals surface area contributed by atoms with E-state index in [0.29, 0.717) is 35.4 Å². The lowest BCUT2D eigenvalue weighted by Crippen LogP contribution is -2.49. The van der Waals surface area contributed by atoms with Gasteiger partial charge >= 0.3 is 0 Å². The summed E-state index contributed by atoms with van der Waals surface area (Å²) in [5.41, 5.74) is 3.07. The number of halogens is 1. The topological polar surface area (TPSA) is 82.6 Å². The number of benzene rings is 2. The number of rotatable bonds is 8. The first-order valence-electron chi connectivity index (χ1n) is 12.3. The van der Waals surface area contributed by atoms with E-state index in [-0.39, 0.29) is 10.8 Å². The molecule has 0 aliphatic carbocycles. The van der Waals surface area contributed by atoms with Gasteiger partial charge in [-0.15, -0.1) is 0 Å². The van der Waals surface area contributed by atoms with Gasteiger partial charge in [-0.2, -0.15) is 0 Å². The lowest BCUT2D eigenvalue weighted by molar-refractivity contribution is 0.0648. The van der Waals surface area contributed by atoms with E-state index in [1.165, 1.54) is 0 Å². The fourth-order valence-corrected chi connectivity index (χ4v) is 6.00. The highest BCUT2D eigenvalue weighted by molar-refractivity contribution is 9.11. The molecule has 2 heterocycles. The van der Waals surface area contributed by atoms with Gasteiger partial charge in [0.15, 0.2) is 0 Å². The highest BCUT2D eigenvalue weighted by Gasteiger charge is 2.24. The predicted octanol–water partition coefficient (Wildman–Crippen LogP) is 5.51. The molecule has 1 aromatic heterocycles. The Morgan fingerprint density at radius 2 is 1.79 bits per heavy atom. The minimum Gasteiger partial charge on any atom is -0.336 e. The fraction of sp³-hybridized carbons (Fsp3) is 0.241. The molecule has 1 N–H and O–H groups in total. The summed E-state index contributed by atoms with van der Waals surface area (Å²) in [5.74, 6) is -0.0644. The summed E-state index contributed by atoms with van der Waals surface area (Å²) in [7, 11) is -3.88. The number of hydrogen-bond donors (Lipinski definition) is 1. The van der Waals surface area contributed by atoms with Gasteiger partial charge in [-0.1, -0.05) is 58.9 Å². The van der Waals surface area contributed by atoms with Crippen LogP contribution in [0.4, 0.5) is 5.69 Å². The van der Waals surface area contributed by atoms with Gasteiger partial charge in [0.2, 0.25) is 0 Å². The van der Waals surface area contributed by atoms with Crippen LogP contribution in [0.15, 0.2) is 94.5 Å². The molecular weight excluding hydrogens is 564 g/mol. The van der Waals surface area contributed by atoms with E-state index in [1.807, 2.05) is 42.2 Å². The van der Waals surface area contributed by atoms with Crippen molar-refractivity contribution >= 4 is 48.5 Å². The van der Waals surface area contributed by atoms with Crippen LogP contribution in [0, 0.1) is 6.92 Å². The Morgan fingerprint density at radius 1 is 1.08 bits per heavy atom. The normalized spacial score (nSPS) is 15.5. The van der Waals surface area contributed by atoms with E-state index >= 15 is 0 Å². The molecule has 0 unspecified atom stereocenters. The highest BCUT2D eigenvalue weighted by atomic mass is 79.9. The van der Waals surface area contributed by atoms with Crippen LogP contribution in [-0.2, 0) is 10.0 Å². The first-order valence-corrected chi connectivity index (χ1v) is 14.6. The summed E-state index contributed by atoms with van der Waals surface area (Å²) < 4.78 is 30.2. The maximum atomic E-state index is 13.3. The highest BCUT2D eigenvalue weighted by Crippen LogP contribution is 2.27. The molecule has 0 atom stereocenters. The lowest BCUT2D eigenvalue weighted by Gasteiger charge is -2.35. The summed E-state index contributed by atoms with van der Waals surface area (Å²) >= 11 is 3.43. The third-order valence-corrected chi connectivity index (χ3v) is 8.25. The molecule has 0 saturated carbocycles. The van der Waals surface area contributed by atoms with Gasteiger partial charge in [0.05, 0.1) is 5.52 Å². The van der Waals surface area contributed by atoms with Gasteiger partial charge in [0.1, 0.15) is 4.90 Å². The van der Waals surface area contributed by atoms with Gasteiger partial charge in [-0.25, -0.2) is 8.42 Å². The number of nitrogens with zero attached hydrogens (tertiary/aromatic N) is 3. The molecule has 198 valence electrons. The van der Waals surface area contributed by atoms with Crippen molar-refractivity contribution in [3.05, 3.63) is 101 Å². The van der Waals surface area contributed by atoms with Crippen molar-refractivity contribution in [2.75, 3.05) is 37.4 Å². The average molecular weight is 596 g/mol. The van der Waals surface area contributed by atoms with Crippen LogP contribution in [-0.4, -0.2) is 61.8 Å². The number of amides is 1. The van der Waals surface area contributed by atoms with Crippen molar-refractivity contribution in [2.45, 2.75) is 18.7 Å². The zero-order valence-corrected chi connectivity index (χ0v) is 23.9. The summed E-state index contributed by atoms with van der Waals surface area (Å²) in [6.07, 6.45) is 7.49. The number of hydrogen-bond acceptors (Lipinski definition) is 5. The number of carbonyl (C=O) groups is 1. The summed E-state index contributed by atoms with van der Waals surface area (Å²) in [5, 5.41) is 0.752. The molecule has 7 nitrogen and oxygen atoms in total. The largest absolute Gasteiger partial charge is 0.336 e. The van der Waals surface area contributed by atoms with Crippen molar-refractivity contribution < 1.29 is 13.2 Å². The number of aromatic nitrogens is 1. The Balaban J connectivity index is 1.40. The van der Waals surface area contributed by atoms with Crippen LogP contribution < -0.4 is 4.72 Å². The zero-order valence-electron chi connectivity index (χ0n) is 21.5. The average Bonchev–Trinajstić information content (AvgIpc) is 2.90. The summed E-state index contributed by atoms with van der Waals surface area (Å²) in [4.78, 5) is 21.7. The quantitative estimate of drug-likeness (QED) is 0.348. The first kappa shape index (κ1) is 27.8. The van der Waals surface area contributed by atoms with Gasteiger partial charge in [-0.3, -0.25) is 19.4 Å². The second-order valence-electron chi connectivity index (χ2n) is 9.24. The van der Waals surface area contributed by atoms with Crippen LogP contribution >= 0.6 is 15.9 Å². The third kappa shape index (κ3) is 6.59. The number of pyridine rings is 1. The van der Waals surface area contributed by atoms with Crippen LogP contribution in [0.5, 0.6) is 0 Å². The number of nitrogens with one attached hydrogen (secondary N) is 1. The van der Waals surface area contributed by atoms with Crippen molar-refractivity contribution in [2.24, 2.45) is 0 Å².